The van der Waals surface area contributed by atoms with Crippen molar-refractivity contribution in [3.05, 3.63) is 108 Å². The molecule has 4 aromatic carbocycles. The first kappa shape index (κ1) is 27.1. The maximum Gasteiger partial charge on any atom is 0.338 e. The van der Waals surface area contributed by atoms with Crippen LogP contribution in [0.1, 0.15) is 20.7 Å². The lowest BCUT2D eigenvalue weighted by atomic mass is 10.0. The molecular weight excluding hydrogens is 556 g/mol. The lowest BCUT2D eigenvalue weighted by Gasteiger charge is -2.19. The molecule has 212 valence electrons. The molecule has 0 bridgehead atoms. The van der Waals surface area contributed by atoms with Gasteiger partial charge in [0.15, 0.2) is 18.1 Å². The number of nitrogens with zero attached hydrogens (tertiary/aromatic N) is 1. The normalized spacial score (nSPS) is 12.6. The van der Waals surface area contributed by atoms with E-state index in [4.69, 9.17) is 14.2 Å². The van der Waals surface area contributed by atoms with Crippen LogP contribution in [-0.2, 0) is 21.8 Å². The minimum absolute atomic E-state index is 0.0112. The van der Waals surface area contributed by atoms with Crippen molar-refractivity contribution in [2.75, 3.05) is 24.5 Å². The third kappa shape index (κ3) is 5.19. The molecule has 0 saturated carbocycles. The molecule has 1 aromatic heterocycles. The number of fused-ring (bicyclic) bond motifs is 2. The van der Waals surface area contributed by atoms with Crippen LogP contribution in [0.4, 0.5) is 5.69 Å². The number of carbonyl (C=O) groups is 2. The van der Waals surface area contributed by atoms with Gasteiger partial charge in [0.1, 0.15) is 13.2 Å². The highest BCUT2D eigenvalue weighted by Crippen LogP contribution is 2.34. The van der Waals surface area contributed by atoms with Crippen LogP contribution >= 0.6 is 0 Å². The molecule has 0 spiro atoms. The number of ketones is 1. The molecular formula is C32H26N2O7S. The van der Waals surface area contributed by atoms with E-state index in [0.717, 1.165) is 22.2 Å². The van der Waals surface area contributed by atoms with Crippen LogP contribution in [-0.4, -0.2) is 44.6 Å². The van der Waals surface area contributed by atoms with Crippen LogP contribution in [0.3, 0.4) is 0 Å². The monoisotopic (exact) mass is 582 g/mol. The third-order valence-corrected chi connectivity index (χ3v) is 8.34. The number of aromatic nitrogens is 1. The van der Waals surface area contributed by atoms with Gasteiger partial charge in [0.25, 0.3) is 10.0 Å². The number of hydrogen-bond donors (Lipinski definition) is 1. The van der Waals surface area contributed by atoms with Crippen LogP contribution in [0.15, 0.2) is 102 Å². The number of esters is 1. The summed E-state index contributed by atoms with van der Waals surface area (Å²) in [4.78, 5) is 26.3. The number of carbonyl (C=O) groups excluding carboxylic acids is 2. The van der Waals surface area contributed by atoms with Crippen molar-refractivity contribution in [1.82, 2.24) is 4.57 Å². The Bertz CT molecular complexity index is 1910. The van der Waals surface area contributed by atoms with Crippen molar-refractivity contribution in [3.8, 4) is 22.8 Å². The van der Waals surface area contributed by atoms with Crippen LogP contribution < -0.4 is 14.2 Å². The van der Waals surface area contributed by atoms with E-state index in [9.17, 15) is 18.0 Å². The first-order valence-corrected chi connectivity index (χ1v) is 14.7. The Labute approximate surface area is 242 Å². The lowest BCUT2D eigenvalue weighted by molar-refractivity contribution is 0.0475. The molecule has 10 heteroatoms. The zero-order chi connectivity index (χ0) is 29.3. The molecule has 0 fully saturated rings. The fraction of sp³-hybridized carbons (Fsp3) is 0.125. The molecule has 0 saturated heterocycles. The Hall–Kier alpha value is -5.09. The predicted octanol–water partition coefficient (Wildman–Crippen LogP) is 5.46. The summed E-state index contributed by atoms with van der Waals surface area (Å²) in [5, 5.41) is 0.773. The average molecular weight is 583 g/mol. The maximum atomic E-state index is 13.5. The van der Waals surface area contributed by atoms with Gasteiger partial charge in [-0.05, 0) is 48.0 Å². The summed E-state index contributed by atoms with van der Waals surface area (Å²) >= 11 is 0. The van der Waals surface area contributed by atoms with E-state index < -0.39 is 22.6 Å². The van der Waals surface area contributed by atoms with Gasteiger partial charge in [-0.25, -0.2) is 13.2 Å². The minimum atomic E-state index is -3.92. The second-order valence-electron chi connectivity index (χ2n) is 9.65. The zero-order valence-corrected chi connectivity index (χ0v) is 23.4. The van der Waals surface area contributed by atoms with E-state index in [-0.39, 0.29) is 21.9 Å². The summed E-state index contributed by atoms with van der Waals surface area (Å²) < 4.78 is 46.6. The second-order valence-corrected chi connectivity index (χ2v) is 11.3. The number of anilines is 1. The molecule has 0 radical (unpaired) electrons. The average Bonchev–Trinajstić information content (AvgIpc) is 3.32. The molecule has 1 aliphatic rings. The van der Waals surface area contributed by atoms with Crippen molar-refractivity contribution in [2.24, 2.45) is 7.05 Å². The minimum Gasteiger partial charge on any atom is -0.486 e. The van der Waals surface area contributed by atoms with E-state index in [1.165, 1.54) is 36.4 Å². The first-order chi connectivity index (χ1) is 20.3. The summed E-state index contributed by atoms with van der Waals surface area (Å²) in [5.41, 5.74) is 3.41. The largest absolute Gasteiger partial charge is 0.486 e. The summed E-state index contributed by atoms with van der Waals surface area (Å²) in [6.45, 7) is 0.284. The SMILES string of the molecule is Cn1c(-c2ccccc2)c(C(=O)COC(=O)c2ccc(NS(=O)(=O)c3ccc4c(c3)OCCO4)cc2)c2ccccc21. The number of hydrogen-bond acceptors (Lipinski definition) is 7. The smallest absolute Gasteiger partial charge is 0.338 e. The van der Waals surface area contributed by atoms with Crippen LogP contribution in [0.5, 0.6) is 11.5 Å². The van der Waals surface area contributed by atoms with Crippen LogP contribution in [0, 0.1) is 0 Å². The fourth-order valence-electron chi connectivity index (χ4n) is 4.98. The molecule has 1 N–H and O–H groups in total. The predicted molar refractivity (Wildman–Crippen MR) is 158 cm³/mol. The Morgan fingerprint density at radius 2 is 1.55 bits per heavy atom. The van der Waals surface area contributed by atoms with Gasteiger partial charge < -0.3 is 18.8 Å². The molecule has 1 aliphatic heterocycles. The van der Waals surface area contributed by atoms with Gasteiger partial charge in [-0.3, -0.25) is 9.52 Å². The summed E-state index contributed by atoms with van der Waals surface area (Å²) in [6, 6.07) is 27.3. The standard InChI is InChI=1S/C32H26N2O7S/c1-34-26-10-6-5-9-25(26)30(31(34)21-7-3-2-4-8-21)27(35)20-41-32(36)22-11-13-23(14-12-22)33-42(37,38)24-15-16-28-29(19-24)40-18-17-39-28/h2-16,19,33H,17-18,20H2,1H3. The number of Topliss-reactive ketones (excluding diaryl/α,β-unsaturated/α-hetero) is 1. The van der Waals surface area contributed by atoms with Gasteiger partial charge in [0, 0.05) is 29.7 Å². The number of rotatable bonds is 8. The van der Waals surface area contributed by atoms with Gasteiger partial charge >= 0.3 is 5.97 Å². The van der Waals surface area contributed by atoms with Gasteiger partial charge in [-0.15, -0.1) is 0 Å². The quantitative estimate of drug-likeness (QED) is 0.191. The van der Waals surface area contributed by atoms with E-state index in [2.05, 4.69) is 4.72 Å². The van der Waals surface area contributed by atoms with Crippen LogP contribution in [0.25, 0.3) is 22.2 Å². The van der Waals surface area contributed by atoms with E-state index in [0.29, 0.717) is 30.3 Å². The number of para-hydroxylation sites is 1. The van der Waals surface area contributed by atoms with Crippen molar-refractivity contribution in [3.63, 3.8) is 0 Å². The topological polar surface area (TPSA) is 113 Å². The van der Waals surface area contributed by atoms with Gasteiger partial charge in [0.05, 0.1) is 21.7 Å². The number of benzene rings is 4. The molecule has 9 nitrogen and oxygen atoms in total. The van der Waals surface area contributed by atoms with Crippen molar-refractivity contribution in [1.29, 1.82) is 0 Å². The van der Waals surface area contributed by atoms with Crippen molar-refractivity contribution in [2.45, 2.75) is 4.90 Å². The fourth-order valence-corrected chi connectivity index (χ4v) is 6.05. The molecule has 0 amide bonds. The van der Waals surface area contributed by atoms with E-state index in [1.54, 1.807) is 6.07 Å². The maximum absolute atomic E-state index is 13.5. The second kappa shape index (κ2) is 11.1. The highest BCUT2D eigenvalue weighted by molar-refractivity contribution is 7.92. The lowest BCUT2D eigenvalue weighted by Crippen LogP contribution is -2.17. The molecule has 0 atom stereocenters. The number of ether oxygens (including phenoxy) is 3. The first-order valence-electron chi connectivity index (χ1n) is 13.2. The molecule has 0 unspecified atom stereocenters. The van der Waals surface area contributed by atoms with E-state index >= 15 is 0 Å². The number of sulfonamides is 1. The van der Waals surface area contributed by atoms with Crippen molar-refractivity contribution < 1.29 is 32.2 Å². The van der Waals surface area contributed by atoms with Gasteiger partial charge in [0.2, 0.25) is 5.78 Å². The summed E-state index contributed by atoms with van der Waals surface area (Å²) in [5.74, 6) is -0.191. The van der Waals surface area contributed by atoms with Crippen LogP contribution in [0.2, 0.25) is 0 Å². The molecule has 2 heterocycles. The summed E-state index contributed by atoms with van der Waals surface area (Å²) in [6.07, 6.45) is 0. The van der Waals surface area contributed by atoms with E-state index in [1.807, 2.05) is 66.2 Å². The Morgan fingerprint density at radius 3 is 2.31 bits per heavy atom. The Morgan fingerprint density at radius 1 is 0.857 bits per heavy atom. The third-order valence-electron chi connectivity index (χ3n) is 6.96. The van der Waals surface area contributed by atoms with Gasteiger partial charge in [-0.1, -0.05) is 48.5 Å². The Kier molecular flexibility index (Phi) is 7.13. The molecule has 6 rings (SSSR count). The highest BCUT2D eigenvalue weighted by Gasteiger charge is 2.24. The summed E-state index contributed by atoms with van der Waals surface area (Å²) in [7, 11) is -2.02. The molecule has 0 aliphatic carbocycles. The molecule has 5 aromatic rings. The van der Waals surface area contributed by atoms with Gasteiger partial charge in [-0.2, -0.15) is 0 Å². The zero-order valence-electron chi connectivity index (χ0n) is 22.6. The highest BCUT2D eigenvalue weighted by atomic mass is 32.2. The molecule has 42 heavy (non-hydrogen) atoms. The Balaban J connectivity index is 1.16. The van der Waals surface area contributed by atoms with Crippen molar-refractivity contribution >= 4 is 38.4 Å². The number of aryl methyl sites for hydroxylation is 1. The number of nitrogens with one attached hydrogen (secondary N) is 1.